The molecule has 2 aromatic heterocycles. The van der Waals surface area contributed by atoms with E-state index in [9.17, 15) is 19.8 Å². The number of nitrogen functional groups attached to an aromatic ring is 2. The first-order valence-electron chi connectivity index (χ1n) is 9.65. The summed E-state index contributed by atoms with van der Waals surface area (Å²) in [4.78, 5) is 33.6. The number of guanidine groups is 1. The molecule has 0 aliphatic heterocycles. The molecule has 10 N–H and O–H groups in total. The summed E-state index contributed by atoms with van der Waals surface area (Å²) in [7, 11) is 0. The van der Waals surface area contributed by atoms with E-state index >= 15 is 0 Å². The van der Waals surface area contributed by atoms with Crippen LogP contribution in [0.25, 0.3) is 11.0 Å². The molecule has 0 atom stereocenters. The van der Waals surface area contributed by atoms with Gasteiger partial charge in [0.25, 0.3) is 0 Å². The van der Waals surface area contributed by atoms with Crippen molar-refractivity contribution in [2.24, 2.45) is 16.5 Å². The molecule has 14 heteroatoms. The predicted octanol–water partition coefficient (Wildman–Crippen LogP) is 2.15. The molecule has 1 aromatic carbocycles. The van der Waals surface area contributed by atoms with Gasteiger partial charge in [0, 0.05) is 17.7 Å². The molecule has 0 saturated heterocycles. The highest BCUT2D eigenvalue weighted by molar-refractivity contribution is 6.31. The standard InChI is InChI=1S/C15H16O4.C6H8ClN7O.ClH/c1-8(2)4-5-10-11(16)7-13-14(15(10)18)12(17)6-9(3)19-13;7-2-4(9)13-3(8)1(12-2)5(15)14-6(10)11;/h4,6-7,16,18H,5H2,1-3H3;(H4,8,9,13)(H4,10,11,14,15);1H. The third-order valence-corrected chi connectivity index (χ3v) is 4.53. The van der Waals surface area contributed by atoms with Crippen LogP contribution in [-0.4, -0.2) is 32.0 Å². The van der Waals surface area contributed by atoms with Crippen LogP contribution in [0.15, 0.2) is 38.0 Å². The van der Waals surface area contributed by atoms with E-state index in [4.69, 9.17) is 39.0 Å². The first-order chi connectivity index (χ1) is 15.8. The van der Waals surface area contributed by atoms with Crippen molar-refractivity contribution in [2.75, 3.05) is 11.5 Å². The minimum Gasteiger partial charge on any atom is -0.507 e. The summed E-state index contributed by atoms with van der Waals surface area (Å²) in [5, 5.41) is 20.1. The number of phenols is 2. The average molecular weight is 526 g/mol. The second kappa shape index (κ2) is 11.9. The molecule has 3 aromatic rings. The second-order valence-electron chi connectivity index (χ2n) is 7.28. The quantitative estimate of drug-likeness (QED) is 0.164. The zero-order valence-electron chi connectivity index (χ0n) is 19.0. The fraction of sp³-hybridized carbons (Fsp3) is 0.190. The first-order valence-corrected chi connectivity index (χ1v) is 10.0. The van der Waals surface area contributed by atoms with Gasteiger partial charge in [-0.2, -0.15) is 4.99 Å². The predicted molar refractivity (Wildman–Crippen MR) is 137 cm³/mol. The van der Waals surface area contributed by atoms with Gasteiger partial charge in [-0.15, -0.1) is 12.4 Å². The number of phenolic OH excluding ortho intramolecular Hbond substituents is 2. The van der Waals surface area contributed by atoms with Gasteiger partial charge >= 0.3 is 5.91 Å². The summed E-state index contributed by atoms with van der Waals surface area (Å²) in [6.07, 6.45) is 2.24. The summed E-state index contributed by atoms with van der Waals surface area (Å²) in [5.41, 5.74) is 21.7. The number of benzene rings is 1. The lowest BCUT2D eigenvalue weighted by atomic mass is 10.0. The molecule has 3 rings (SSSR count). The number of amides is 1. The summed E-state index contributed by atoms with van der Waals surface area (Å²) >= 11 is 5.55. The molecule has 0 saturated carbocycles. The Labute approximate surface area is 210 Å². The minimum absolute atomic E-state index is 0. The highest BCUT2D eigenvalue weighted by Crippen LogP contribution is 2.34. The van der Waals surface area contributed by atoms with E-state index in [1.807, 2.05) is 19.9 Å². The molecular weight excluding hydrogens is 501 g/mol. The number of anilines is 2. The Bertz CT molecular complexity index is 1380. The van der Waals surface area contributed by atoms with Crippen molar-refractivity contribution in [3.63, 3.8) is 0 Å². The zero-order chi connectivity index (χ0) is 25.7. The molecule has 0 aliphatic carbocycles. The molecule has 12 nitrogen and oxygen atoms in total. The van der Waals surface area contributed by atoms with E-state index in [-0.39, 0.29) is 62.8 Å². The van der Waals surface area contributed by atoms with Crippen molar-refractivity contribution in [3.8, 4) is 11.5 Å². The lowest BCUT2D eigenvalue weighted by Crippen LogP contribution is -2.24. The van der Waals surface area contributed by atoms with Gasteiger partial charge in [0.05, 0.1) is 0 Å². The van der Waals surface area contributed by atoms with Crippen molar-refractivity contribution in [1.82, 2.24) is 9.97 Å². The molecule has 0 fully saturated rings. The SMILES string of the molecule is CC(C)=CCc1c(O)cc2oc(C)cc(=O)c2c1O.Cl.NC(N)=NC(=O)c1nc(Cl)c(N)nc1N. The molecule has 2 heterocycles. The van der Waals surface area contributed by atoms with E-state index in [0.717, 1.165) is 5.57 Å². The number of carbonyl (C=O) groups is 1. The summed E-state index contributed by atoms with van der Waals surface area (Å²) in [6, 6.07) is 2.70. The number of aromatic nitrogens is 2. The smallest absolute Gasteiger partial charge is 0.302 e. The van der Waals surface area contributed by atoms with Crippen LogP contribution in [0.3, 0.4) is 0 Å². The number of rotatable bonds is 3. The number of aryl methyl sites for hydroxylation is 1. The van der Waals surface area contributed by atoms with Crippen molar-refractivity contribution in [2.45, 2.75) is 27.2 Å². The van der Waals surface area contributed by atoms with Crippen LogP contribution in [0.1, 0.15) is 35.7 Å². The highest BCUT2D eigenvalue weighted by Gasteiger charge is 2.16. The van der Waals surface area contributed by atoms with Crippen LogP contribution >= 0.6 is 24.0 Å². The Hall–Kier alpha value is -4.03. The number of halogens is 2. The maximum Gasteiger partial charge on any atom is 0.302 e. The van der Waals surface area contributed by atoms with Crippen LogP contribution in [0.5, 0.6) is 11.5 Å². The van der Waals surface area contributed by atoms with Gasteiger partial charge in [0.2, 0.25) is 0 Å². The highest BCUT2D eigenvalue weighted by atomic mass is 35.5. The molecule has 0 unspecified atom stereocenters. The third-order valence-electron chi connectivity index (χ3n) is 4.25. The van der Waals surface area contributed by atoms with Gasteiger partial charge in [-0.25, -0.2) is 9.97 Å². The number of fused-ring (bicyclic) bond motifs is 1. The molecule has 1 amide bonds. The maximum absolute atomic E-state index is 11.9. The van der Waals surface area contributed by atoms with E-state index in [2.05, 4.69) is 15.0 Å². The van der Waals surface area contributed by atoms with Gasteiger partial charge in [-0.3, -0.25) is 9.59 Å². The molecule has 188 valence electrons. The van der Waals surface area contributed by atoms with E-state index in [1.165, 1.54) is 12.1 Å². The maximum atomic E-state index is 11.9. The van der Waals surface area contributed by atoms with Crippen LogP contribution in [0.2, 0.25) is 5.15 Å². The lowest BCUT2D eigenvalue weighted by molar-refractivity contribution is 0.0998. The van der Waals surface area contributed by atoms with Crippen molar-refractivity contribution in [3.05, 3.63) is 56.2 Å². The minimum atomic E-state index is -0.832. The molecule has 0 bridgehead atoms. The van der Waals surface area contributed by atoms with Gasteiger partial charge in [0.15, 0.2) is 33.9 Å². The van der Waals surface area contributed by atoms with Crippen LogP contribution < -0.4 is 28.4 Å². The number of hydrogen-bond donors (Lipinski definition) is 6. The van der Waals surface area contributed by atoms with E-state index < -0.39 is 11.9 Å². The molecular formula is C21H25Cl2N7O5. The van der Waals surface area contributed by atoms with Crippen molar-refractivity contribution >= 4 is 58.5 Å². The fourth-order valence-corrected chi connectivity index (χ4v) is 2.85. The second-order valence-corrected chi connectivity index (χ2v) is 7.64. The number of hydrogen-bond acceptors (Lipinski definition) is 9. The molecule has 0 radical (unpaired) electrons. The Morgan fingerprint density at radius 2 is 1.80 bits per heavy atom. The van der Waals surface area contributed by atoms with Gasteiger partial charge in [0.1, 0.15) is 28.2 Å². The Balaban J connectivity index is 0.000000350. The first kappa shape index (κ1) is 29.0. The topological polar surface area (TPSA) is 230 Å². The van der Waals surface area contributed by atoms with Gasteiger partial charge in [-0.1, -0.05) is 23.3 Å². The van der Waals surface area contributed by atoms with E-state index in [0.29, 0.717) is 17.7 Å². The Morgan fingerprint density at radius 3 is 2.37 bits per heavy atom. The summed E-state index contributed by atoms with van der Waals surface area (Å²) in [5.74, 6) is -1.34. The number of aromatic hydroxyl groups is 2. The average Bonchev–Trinajstić information content (AvgIpc) is 2.69. The van der Waals surface area contributed by atoms with Gasteiger partial charge in [-0.05, 0) is 27.2 Å². The monoisotopic (exact) mass is 525 g/mol. The van der Waals surface area contributed by atoms with Crippen LogP contribution in [0, 0.1) is 6.92 Å². The fourth-order valence-electron chi connectivity index (χ4n) is 2.73. The van der Waals surface area contributed by atoms with Crippen LogP contribution in [0.4, 0.5) is 11.6 Å². The van der Waals surface area contributed by atoms with Gasteiger partial charge < -0.3 is 37.6 Å². The largest absolute Gasteiger partial charge is 0.507 e. The van der Waals surface area contributed by atoms with E-state index in [1.54, 1.807) is 6.92 Å². The molecule has 35 heavy (non-hydrogen) atoms. The number of nitrogens with two attached hydrogens (primary N) is 4. The molecule has 0 aliphatic rings. The van der Waals surface area contributed by atoms with Crippen molar-refractivity contribution < 1.29 is 19.4 Å². The Kier molecular flexibility index (Phi) is 9.86. The van der Waals surface area contributed by atoms with Crippen LogP contribution in [-0.2, 0) is 6.42 Å². The summed E-state index contributed by atoms with van der Waals surface area (Å²) < 4.78 is 5.35. The summed E-state index contributed by atoms with van der Waals surface area (Å²) in [6.45, 7) is 5.49. The third kappa shape index (κ3) is 7.22. The Morgan fingerprint density at radius 1 is 1.17 bits per heavy atom. The zero-order valence-corrected chi connectivity index (χ0v) is 20.6. The number of carbonyl (C=O) groups excluding carboxylic acids is 1. The molecule has 0 spiro atoms. The lowest BCUT2D eigenvalue weighted by Gasteiger charge is -2.08. The number of nitrogens with zero attached hydrogens (tertiary/aromatic N) is 3. The normalized spacial score (nSPS) is 9.94. The van der Waals surface area contributed by atoms with Crippen molar-refractivity contribution in [1.29, 1.82) is 0 Å². The number of allylic oxidation sites excluding steroid dienone is 2. The number of aliphatic imine (C=N–C) groups is 1.